The molecule has 0 aliphatic heterocycles. The Morgan fingerprint density at radius 3 is 2.61 bits per heavy atom. The Balaban J connectivity index is 0.00000280. The summed E-state index contributed by atoms with van der Waals surface area (Å²) in [5, 5.41) is 2.39. The van der Waals surface area contributed by atoms with Crippen LogP contribution in [0.1, 0.15) is 5.56 Å². The molecule has 3 rings (SSSR count). The van der Waals surface area contributed by atoms with Gasteiger partial charge in [-0.2, -0.15) is 12.8 Å². The fraction of sp³-hybridized carbons (Fsp3) is 0.176. The van der Waals surface area contributed by atoms with Gasteiger partial charge in [0.05, 0.1) is 12.7 Å². The van der Waals surface area contributed by atoms with Crippen molar-refractivity contribution in [2.45, 2.75) is 11.6 Å². The molecular formula is C17H17ClF2N4O3S. The second-order valence-corrected chi connectivity index (χ2v) is 7.29. The van der Waals surface area contributed by atoms with Crippen LogP contribution < -0.4 is 10.1 Å². The van der Waals surface area contributed by atoms with E-state index >= 15 is 0 Å². The van der Waals surface area contributed by atoms with Gasteiger partial charge in [-0.1, -0.05) is 0 Å². The number of methoxy groups -OCH3 is 1. The Morgan fingerprint density at radius 2 is 1.96 bits per heavy atom. The first-order chi connectivity index (χ1) is 12.9. The van der Waals surface area contributed by atoms with Crippen LogP contribution in [-0.4, -0.2) is 36.5 Å². The highest BCUT2D eigenvalue weighted by molar-refractivity contribution is 7.90. The number of pyridine rings is 2. The summed E-state index contributed by atoms with van der Waals surface area (Å²) >= 11 is 0. The summed E-state index contributed by atoms with van der Waals surface area (Å²) in [5.41, 5.74) is -0.665. The van der Waals surface area contributed by atoms with Crippen molar-refractivity contribution in [1.29, 1.82) is 0 Å². The van der Waals surface area contributed by atoms with Gasteiger partial charge in [-0.05, 0) is 25.2 Å². The normalized spacial score (nSPS) is 11.1. The number of nitrogens with zero attached hydrogens (tertiary/aromatic N) is 3. The highest BCUT2D eigenvalue weighted by Gasteiger charge is 2.29. The number of aromatic nitrogens is 3. The molecule has 0 aliphatic carbocycles. The van der Waals surface area contributed by atoms with Crippen LogP contribution in [0.5, 0.6) is 5.75 Å². The molecule has 0 unspecified atom stereocenters. The third kappa shape index (κ3) is 3.84. The maximum absolute atomic E-state index is 15.0. The van der Waals surface area contributed by atoms with Crippen LogP contribution in [0.25, 0.3) is 11.3 Å². The molecule has 0 spiro atoms. The molecule has 28 heavy (non-hydrogen) atoms. The van der Waals surface area contributed by atoms with E-state index in [-0.39, 0.29) is 40.9 Å². The van der Waals surface area contributed by atoms with Gasteiger partial charge in [-0.25, -0.2) is 18.3 Å². The minimum Gasteiger partial charge on any atom is -0.497 e. The molecule has 0 saturated heterocycles. The summed E-state index contributed by atoms with van der Waals surface area (Å²) < 4.78 is 61.1. The predicted molar refractivity (Wildman–Crippen MR) is 101 cm³/mol. The van der Waals surface area contributed by atoms with Gasteiger partial charge < -0.3 is 10.1 Å². The fourth-order valence-corrected chi connectivity index (χ4v) is 3.92. The fourth-order valence-electron chi connectivity index (χ4n) is 2.57. The van der Waals surface area contributed by atoms with E-state index in [0.29, 0.717) is 3.97 Å². The van der Waals surface area contributed by atoms with Crippen molar-refractivity contribution in [3.63, 3.8) is 0 Å². The average molecular weight is 431 g/mol. The summed E-state index contributed by atoms with van der Waals surface area (Å²) in [4.78, 5) is 7.32. The Bertz CT molecular complexity index is 1090. The lowest BCUT2D eigenvalue weighted by molar-refractivity contribution is 0.412. The van der Waals surface area contributed by atoms with E-state index in [2.05, 4.69) is 15.3 Å². The first-order valence-corrected chi connectivity index (χ1v) is 9.25. The van der Waals surface area contributed by atoms with E-state index in [9.17, 15) is 17.2 Å². The van der Waals surface area contributed by atoms with Crippen molar-refractivity contribution in [3.8, 4) is 17.0 Å². The maximum Gasteiger partial charge on any atom is 0.285 e. The van der Waals surface area contributed by atoms with Crippen molar-refractivity contribution in [2.24, 2.45) is 0 Å². The lowest BCUT2D eigenvalue weighted by atomic mass is 10.2. The molecule has 1 N–H and O–H groups in total. The molecule has 0 radical (unpaired) electrons. The minimum atomic E-state index is -4.32. The Kier molecular flexibility index (Phi) is 6.70. The molecule has 0 aromatic carbocycles. The molecular weight excluding hydrogens is 414 g/mol. The quantitative estimate of drug-likeness (QED) is 0.605. The van der Waals surface area contributed by atoms with Gasteiger partial charge in [0, 0.05) is 36.8 Å². The van der Waals surface area contributed by atoms with Gasteiger partial charge in [-0.15, -0.1) is 12.4 Å². The summed E-state index contributed by atoms with van der Waals surface area (Å²) in [6.45, 7) is 0.0504. The van der Waals surface area contributed by atoms with Crippen LogP contribution in [-0.2, 0) is 16.6 Å². The molecule has 7 nitrogen and oxygen atoms in total. The minimum absolute atomic E-state index is 0. The van der Waals surface area contributed by atoms with E-state index in [0.717, 1.165) is 6.20 Å². The number of hydrogen-bond donors (Lipinski definition) is 1. The molecule has 3 aromatic rings. The third-order valence-electron chi connectivity index (χ3n) is 3.83. The van der Waals surface area contributed by atoms with Crippen LogP contribution in [0.4, 0.5) is 8.78 Å². The number of rotatable bonds is 6. The van der Waals surface area contributed by atoms with Crippen LogP contribution >= 0.6 is 12.4 Å². The molecule has 0 fully saturated rings. The summed E-state index contributed by atoms with van der Waals surface area (Å²) in [6.07, 6.45) is 3.55. The second kappa shape index (κ2) is 8.63. The Morgan fingerprint density at radius 1 is 1.21 bits per heavy atom. The van der Waals surface area contributed by atoms with Crippen LogP contribution in [0.15, 0.2) is 47.9 Å². The molecule has 3 aromatic heterocycles. The van der Waals surface area contributed by atoms with E-state index in [1.165, 1.54) is 43.8 Å². The summed E-state index contributed by atoms with van der Waals surface area (Å²) in [6, 6.07) is 5.33. The van der Waals surface area contributed by atoms with E-state index in [4.69, 9.17) is 4.74 Å². The number of ether oxygens (including phenoxy) is 1. The van der Waals surface area contributed by atoms with Crippen LogP contribution in [0, 0.1) is 11.8 Å². The second-order valence-electron chi connectivity index (χ2n) is 5.52. The predicted octanol–water partition coefficient (Wildman–Crippen LogP) is 2.61. The summed E-state index contributed by atoms with van der Waals surface area (Å²) in [7, 11) is -1.36. The van der Waals surface area contributed by atoms with E-state index in [1.807, 2.05) is 0 Å². The van der Waals surface area contributed by atoms with Crippen molar-refractivity contribution in [2.75, 3.05) is 14.2 Å². The largest absolute Gasteiger partial charge is 0.497 e. The number of nitrogens with one attached hydrogen (secondary N) is 1. The topological polar surface area (TPSA) is 86.1 Å². The van der Waals surface area contributed by atoms with E-state index in [1.54, 1.807) is 7.05 Å². The van der Waals surface area contributed by atoms with Crippen molar-refractivity contribution in [1.82, 2.24) is 19.3 Å². The van der Waals surface area contributed by atoms with Crippen molar-refractivity contribution < 1.29 is 21.9 Å². The maximum atomic E-state index is 15.0. The molecule has 0 bridgehead atoms. The molecule has 0 atom stereocenters. The first kappa shape index (κ1) is 21.7. The molecule has 0 aliphatic rings. The highest BCUT2D eigenvalue weighted by Crippen LogP contribution is 2.31. The van der Waals surface area contributed by atoms with Gasteiger partial charge in [0.1, 0.15) is 11.4 Å². The first-order valence-electron chi connectivity index (χ1n) is 7.81. The van der Waals surface area contributed by atoms with Crippen LogP contribution in [0.3, 0.4) is 0 Å². The zero-order valence-corrected chi connectivity index (χ0v) is 16.5. The SMILES string of the molecule is CNCc1cn(S(=O)(=O)c2cc(OC)ccn2)c(-c2cccnc2F)c1F.Cl. The van der Waals surface area contributed by atoms with Crippen molar-refractivity contribution >= 4 is 22.4 Å². The molecule has 3 heterocycles. The van der Waals surface area contributed by atoms with Gasteiger partial charge >= 0.3 is 0 Å². The Labute approximate surface area is 166 Å². The third-order valence-corrected chi connectivity index (χ3v) is 5.39. The number of halogens is 3. The lowest BCUT2D eigenvalue weighted by Gasteiger charge is -2.11. The lowest BCUT2D eigenvalue weighted by Crippen LogP contribution is -2.15. The van der Waals surface area contributed by atoms with Gasteiger partial charge in [-0.3, -0.25) is 0 Å². The highest BCUT2D eigenvalue weighted by atomic mass is 35.5. The average Bonchev–Trinajstić information content (AvgIpc) is 3.00. The van der Waals surface area contributed by atoms with Crippen molar-refractivity contribution in [3.05, 3.63) is 60.2 Å². The molecule has 11 heteroatoms. The van der Waals surface area contributed by atoms with Crippen LogP contribution in [0.2, 0.25) is 0 Å². The molecule has 0 amide bonds. The van der Waals surface area contributed by atoms with Gasteiger partial charge in [0.15, 0.2) is 10.8 Å². The molecule has 0 saturated carbocycles. The van der Waals surface area contributed by atoms with Gasteiger partial charge in [0.2, 0.25) is 5.95 Å². The van der Waals surface area contributed by atoms with Gasteiger partial charge in [0.25, 0.3) is 10.0 Å². The Hall–Kier alpha value is -2.56. The smallest absolute Gasteiger partial charge is 0.285 e. The standard InChI is InChI=1S/C17H16F2N4O3S.ClH/c1-20-9-11-10-23(16(15(11)18)13-4-3-6-22-17(13)19)27(24,25)14-8-12(26-2)5-7-21-14;/h3-8,10,20H,9H2,1-2H3;1H. The molecule has 150 valence electrons. The monoisotopic (exact) mass is 430 g/mol. The van der Waals surface area contributed by atoms with E-state index < -0.39 is 27.5 Å². The zero-order chi connectivity index (χ0) is 19.6. The number of hydrogen-bond acceptors (Lipinski definition) is 6. The summed E-state index contributed by atoms with van der Waals surface area (Å²) in [5.74, 6) is -1.58. The zero-order valence-electron chi connectivity index (χ0n) is 14.9.